The molecule has 0 radical (unpaired) electrons. The maximum absolute atomic E-state index is 11.9. The van der Waals surface area contributed by atoms with Crippen molar-refractivity contribution in [3.05, 3.63) is 0 Å². The number of carbonyl (C=O) groups excluding carboxylic acids is 1. The summed E-state index contributed by atoms with van der Waals surface area (Å²) in [4.78, 5) is 20.8. The molecule has 0 atom stereocenters. The Bertz CT molecular complexity index is 423. The minimum absolute atomic E-state index is 0.184. The van der Waals surface area contributed by atoms with Gasteiger partial charge >= 0.3 is 0 Å². The molecule has 2 N–H and O–H groups in total. The molecule has 0 aromatic heterocycles. The fraction of sp³-hybridized carbons (Fsp3) is 0.882. The van der Waals surface area contributed by atoms with E-state index < -0.39 is 0 Å². The minimum Gasteiger partial charge on any atom is -0.356 e. The van der Waals surface area contributed by atoms with Crippen molar-refractivity contribution in [2.75, 3.05) is 46.3 Å². The van der Waals surface area contributed by atoms with Gasteiger partial charge in [0.25, 0.3) is 0 Å². The molecular formula is C17H31N5O. The SMILES string of the molecule is CN=C(NCCCC1CC1)N1CCN(CC(=O)NC2CC2)CC1. The van der Waals surface area contributed by atoms with Crippen LogP contribution in [-0.4, -0.2) is 74.0 Å². The van der Waals surface area contributed by atoms with Gasteiger partial charge in [-0.3, -0.25) is 14.7 Å². The zero-order valence-electron chi connectivity index (χ0n) is 14.4. The molecule has 2 saturated carbocycles. The monoisotopic (exact) mass is 321 g/mol. The van der Waals surface area contributed by atoms with Crippen LogP contribution in [0.4, 0.5) is 0 Å². The highest BCUT2D eigenvalue weighted by molar-refractivity contribution is 5.80. The van der Waals surface area contributed by atoms with Crippen LogP contribution in [0.3, 0.4) is 0 Å². The summed E-state index contributed by atoms with van der Waals surface area (Å²) in [5.41, 5.74) is 0. The van der Waals surface area contributed by atoms with Gasteiger partial charge < -0.3 is 15.5 Å². The molecule has 1 heterocycles. The molecule has 130 valence electrons. The molecule has 0 aromatic rings. The normalized spacial score (nSPS) is 23.0. The molecule has 3 aliphatic rings. The van der Waals surface area contributed by atoms with E-state index in [-0.39, 0.29) is 5.91 Å². The number of aliphatic imine (C=N–C) groups is 1. The zero-order chi connectivity index (χ0) is 16.1. The van der Waals surface area contributed by atoms with E-state index in [0.29, 0.717) is 12.6 Å². The highest BCUT2D eigenvalue weighted by atomic mass is 16.2. The number of carbonyl (C=O) groups is 1. The van der Waals surface area contributed by atoms with Gasteiger partial charge in [-0.15, -0.1) is 0 Å². The Morgan fingerprint density at radius 1 is 1.13 bits per heavy atom. The summed E-state index contributed by atoms with van der Waals surface area (Å²) in [6.07, 6.45) is 7.78. The Hall–Kier alpha value is -1.30. The molecule has 23 heavy (non-hydrogen) atoms. The lowest BCUT2D eigenvalue weighted by Gasteiger charge is -2.36. The second-order valence-corrected chi connectivity index (χ2v) is 7.16. The van der Waals surface area contributed by atoms with Crippen LogP contribution in [0.25, 0.3) is 0 Å². The second kappa shape index (κ2) is 7.99. The van der Waals surface area contributed by atoms with E-state index in [0.717, 1.165) is 57.4 Å². The van der Waals surface area contributed by atoms with E-state index in [1.807, 2.05) is 7.05 Å². The molecule has 3 fully saturated rings. The van der Waals surface area contributed by atoms with Crippen LogP contribution in [0, 0.1) is 5.92 Å². The van der Waals surface area contributed by atoms with Crippen molar-refractivity contribution in [3.63, 3.8) is 0 Å². The fourth-order valence-corrected chi connectivity index (χ4v) is 3.15. The Labute approximate surface area is 139 Å². The summed E-state index contributed by atoms with van der Waals surface area (Å²) in [6, 6.07) is 0.461. The number of hydrogen-bond acceptors (Lipinski definition) is 3. The second-order valence-electron chi connectivity index (χ2n) is 7.16. The van der Waals surface area contributed by atoms with Crippen molar-refractivity contribution >= 4 is 11.9 Å². The summed E-state index contributed by atoms with van der Waals surface area (Å²) < 4.78 is 0. The number of hydrogen-bond donors (Lipinski definition) is 2. The summed E-state index contributed by atoms with van der Waals surface area (Å²) in [5, 5.41) is 6.55. The summed E-state index contributed by atoms with van der Waals surface area (Å²) in [5.74, 6) is 2.20. The Balaban J connectivity index is 1.31. The van der Waals surface area contributed by atoms with Gasteiger partial charge in [0.1, 0.15) is 0 Å². The molecular weight excluding hydrogens is 290 g/mol. The van der Waals surface area contributed by atoms with E-state index in [4.69, 9.17) is 0 Å². The van der Waals surface area contributed by atoms with Crippen LogP contribution in [0.15, 0.2) is 4.99 Å². The Morgan fingerprint density at radius 3 is 2.48 bits per heavy atom. The molecule has 6 heteroatoms. The number of amides is 1. The van der Waals surface area contributed by atoms with Crippen LogP contribution in [0.5, 0.6) is 0 Å². The van der Waals surface area contributed by atoms with Gasteiger partial charge in [-0.1, -0.05) is 12.8 Å². The fourth-order valence-electron chi connectivity index (χ4n) is 3.15. The minimum atomic E-state index is 0.184. The highest BCUT2D eigenvalue weighted by Crippen LogP contribution is 2.33. The van der Waals surface area contributed by atoms with Crippen LogP contribution < -0.4 is 10.6 Å². The number of nitrogens with zero attached hydrogens (tertiary/aromatic N) is 3. The number of nitrogens with one attached hydrogen (secondary N) is 2. The number of guanidine groups is 1. The lowest BCUT2D eigenvalue weighted by Crippen LogP contribution is -2.54. The van der Waals surface area contributed by atoms with Gasteiger partial charge in [0.2, 0.25) is 5.91 Å². The van der Waals surface area contributed by atoms with Crippen LogP contribution in [-0.2, 0) is 4.79 Å². The first-order valence-corrected chi connectivity index (χ1v) is 9.22. The summed E-state index contributed by atoms with van der Waals surface area (Å²) in [7, 11) is 1.86. The van der Waals surface area contributed by atoms with E-state index in [2.05, 4.69) is 25.4 Å². The van der Waals surface area contributed by atoms with Crippen LogP contribution >= 0.6 is 0 Å². The molecule has 0 bridgehead atoms. The van der Waals surface area contributed by atoms with Gasteiger partial charge in [0.15, 0.2) is 5.96 Å². The maximum Gasteiger partial charge on any atom is 0.234 e. The third-order valence-electron chi connectivity index (χ3n) is 4.96. The predicted molar refractivity (Wildman–Crippen MR) is 92.5 cm³/mol. The van der Waals surface area contributed by atoms with Gasteiger partial charge in [-0.2, -0.15) is 0 Å². The van der Waals surface area contributed by atoms with Gasteiger partial charge in [0.05, 0.1) is 6.54 Å². The van der Waals surface area contributed by atoms with Crippen LogP contribution in [0.1, 0.15) is 38.5 Å². The van der Waals surface area contributed by atoms with Gasteiger partial charge in [0, 0.05) is 45.8 Å². The van der Waals surface area contributed by atoms with Crippen molar-refractivity contribution in [3.8, 4) is 0 Å². The molecule has 0 spiro atoms. The topological polar surface area (TPSA) is 60.0 Å². The number of rotatable bonds is 7. The lowest BCUT2D eigenvalue weighted by atomic mass is 10.2. The maximum atomic E-state index is 11.9. The third kappa shape index (κ3) is 5.68. The molecule has 2 aliphatic carbocycles. The van der Waals surface area contributed by atoms with E-state index in [1.165, 1.54) is 25.7 Å². The average Bonchev–Trinajstić information content (AvgIpc) is 3.44. The average molecular weight is 321 g/mol. The molecule has 0 aromatic carbocycles. The first-order chi connectivity index (χ1) is 11.2. The predicted octanol–water partition coefficient (Wildman–Crippen LogP) is 0.648. The standard InChI is InChI=1S/C17H31N5O/c1-18-17(19-8-2-3-14-4-5-14)22-11-9-21(10-12-22)13-16(23)20-15-6-7-15/h14-15H,2-13H2,1H3,(H,18,19)(H,20,23). The Kier molecular flexibility index (Phi) is 5.75. The first kappa shape index (κ1) is 16.6. The number of piperazine rings is 1. The molecule has 0 unspecified atom stereocenters. The molecule has 1 amide bonds. The van der Waals surface area contributed by atoms with E-state index in [1.54, 1.807) is 0 Å². The first-order valence-electron chi connectivity index (χ1n) is 9.22. The molecule has 6 nitrogen and oxygen atoms in total. The molecule has 1 saturated heterocycles. The molecule has 1 aliphatic heterocycles. The quantitative estimate of drug-likeness (QED) is 0.411. The zero-order valence-corrected chi connectivity index (χ0v) is 14.4. The van der Waals surface area contributed by atoms with Gasteiger partial charge in [-0.25, -0.2) is 0 Å². The third-order valence-corrected chi connectivity index (χ3v) is 4.96. The molecule has 3 rings (SSSR count). The van der Waals surface area contributed by atoms with Crippen molar-refractivity contribution in [2.45, 2.75) is 44.6 Å². The van der Waals surface area contributed by atoms with E-state index in [9.17, 15) is 4.79 Å². The summed E-state index contributed by atoms with van der Waals surface area (Å²) in [6.45, 7) is 5.31. The van der Waals surface area contributed by atoms with Crippen molar-refractivity contribution in [1.82, 2.24) is 20.4 Å². The summed E-state index contributed by atoms with van der Waals surface area (Å²) >= 11 is 0. The Morgan fingerprint density at radius 2 is 1.87 bits per heavy atom. The van der Waals surface area contributed by atoms with Crippen LogP contribution in [0.2, 0.25) is 0 Å². The van der Waals surface area contributed by atoms with E-state index >= 15 is 0 Å². The lowest BCUT2D eigenvalue weighted by molar-refractivity contribution is -0.122. The van der Waals surface area contributed by atoms with Crippen molar-refractivity contribution < 1.29 is 4.79 Å². The van der Waals surface area contributed by atoms with Crippen molar-refractivity contribution in [2.24, 2.45) is 10.9 Å². The largest absolute Gasteiger partial charge is 0.356 e. The smallest absolute Gasteiger partial charge is 0.234 e. The van der Waals surface area contributed by atoms with Crippen molar-refractivity contribution in [1.29, 1.82) is 0 Å². The van der Waals surface area contributed by atoms with Gasteiger partial charge in [-0.05, 0) is 31.6 Å². The highest BCUT2D eigenvalue weighted by Gasteiger charge is 2.26.